The zero-order chi connectivity index (χ0) is 13.4. The Morgan fingerprint density at radius 1 is 1.30 bits per heavy atom. The first-order valence-electron chi connectivity index (χ1n) is 6.58. The molecular formula is C14H18Cl2N4. The molecule has 0 unspecified atom stereocenters. The topological polar surface area (TPSA) is 63.8 Å². The number of anilines is 1. The highest BCUT2D eigenvalue weighted by Crippen LogP contribution is 2.27. The number of halogens is 2. The van der Waals surface area contributed by atoms with E-state index in [-0.39, 0.29) is 12.4 Å². The van der Waals surface area contributed by atoms with Crippen LogP contribution in [0.2, 0.25) is 5.02 Å². The molecule has 1 aromatic carbocycles. The lowest BCUT2D eigenvalue weighted by Gasteiger charge is -2.15. The summed E-state index contributed by atoms with van der Waals surface area (Å²) >= 11 is 6.07. The lowest BCUT2D eigenvalue weighted by molar-refractivity contribution is 0.687. The maximum absolute atomic E-state index is 6.07. The van der Waals surface area contributed by atoms with Crippen LogP contribution in [-0.2, 0) is 0 Å². The van der Waals surface area contributed by atoms with Crippen LogP contribution >= 0.6 is 24.0 Å². The van der Waals surface area contributed by atoms with E-state index in [1.807, 2.05) is 25.1 Å². The van der Waals surface area contributed by atoms with E-state index in [4.69, 9.17) is 17.3 Å². The Hall–Kier alpha value is -1.10. The van der Waals surface area contributed by atoms with Crippen molar-refractivity contribution in [2.75, 3.05) is 5.32 Å². The second-order valence-corrected chi connectivity index (χ2v) is 5.63. The molecule has 0 amide bonds. The van der Waals surface area contributed by atoms with Crippen molar-refractivity contribution in [1.82, 2.24) is 9.97 Å². The molecule has 0 spiro atoms. The molecule has 0 saturated heterocycles. The van der Waals surface area contributed by atoms with Crippen molar-refractivity contribution in [3.05, 3.63) is 29.0 Å². The van der Waals surface area contributed by atoms with Gasteiger partial charge in [-0.15, -0.1) is 12.4 Å². The van der Waals surface area contributed by atoms with Crippen LogP contribution in [0.15, 0.2) is 18.2 Å². The number of aryl methyl sites for hydroxylation is 1. The Morgan fingerprint density at radius 2 is 2.10 bits per heavy atom. The predicted octanol–water partition coefficient (Wildman–Crippen LogP) is 3.31. The average Bonchev–Trinajstić information content (AvgIpc) is 2.76. The monoisotopic (exact) mass is 312 g/mol. The van der Waals surface area contributed by atoms with Gasteiger partial charge in [0.15, 0.2) is 0 Å². The lowest BCUT2D eigenvalue weighted by atomic mass is 10.2. The van der Waals surface area contributed by atoms with E-state index in [1.165, 1.54) is 0 Å². The summed E-state index contributed by atoms with van der Waals surface area (Å²) in [4.78, 5) is 8.94. The minimum Gasteiger partial charge on any atom is -0.367 e. The zero-order valence-electron chi connectivity index (χ0n) is 11.3. The first kappa shape index (κ1) is 15.3. The highest BCUT2D eigenvalue weighted by Gasteiger charge is 2.22. The van der Waals surface area contributed by atoms with Crippen molar-refractivity contribution in [1.29, 1.82) is 0 Å². The van der Waals surface area contributed by atoms with Crippen molar-refractivity contribution >= 4 is 40.7 Å². The number of benzene rings is 1. The molecule has 20 heavy (non-hydrogen) atoms. The van der Waals surface area contributed by atoms with E-state index in [2.05, 4.69) is 15.3 Å². The maximum atomic E-state index is 6.07. The summed E-state index contributed by atoms with van der Waals surface area (Å²) in [5.74, 6) is 1.63. The van der Waals surface area contributed by atoms with Gasteiger partial charge in [-0.2, -0.15) is 0 Å². The van der Waals surface area contributed by atoms with Crippen LogP contribution in [0.1, 0.15) is 25.1 Å². The molecule has 2 aromatic rings. The fraction of sp³-hybridized carbons (Fsp3) is 0.429. The minimum atomic E-state index is 0. The highest BCUT2D eigenvalue weighted by molar-refractivity contribution is 6.31. The van der Waals surface area contributed by atoms with Crippen molar-refractivity contribution in [3.63, 3.8) is 0 Å². The van der Waals surface area contributed by atoms with Gasteiger partial charge < -0.3 is 11.1 Å². The number of nitrogens with two attached hydrogens (primary N) is 1. The van der Waals surface area contributed by atoms with Gasteiger partial charge in [-0.05, 0) is 44.4 Å². The Labute approximate surface area is 129 Å². The van der Waals surface area contributed by atoms with Gasteiger partial charge in [0.05, 0.1) is 5.52 Å². The summed E-state index contributed by atoms with van der Waals surface area (Å²) < 4.78 is 0. The van der Waals surface area contributed by atoms with Crippen LogP contribution in [0.3, 0.4) is 0 Å². The molecule has 4 nitrogen and oxygen atoms in total. The molecule has 1 aromatic heterocycles. The standard InChI is InChI=1S/C14H17ClN4.ClH/c1-8-17-13-5-2-9(15)6-12(13)14(18-8)19-11-4-3-10(16)7-11;/h2,5-6,10-11H,3-4,7,16H2,1H3,(H,17,18,19);1H/t10-,11-;/m0./s1. The van der Waals surface area contributed by atoms with E-state index in [9.17, 15) is 0 Å². The lowest BCUT2D eigenvalue weighted by Crippen LogP contribution is -2.21. The van der Waals surface area contributed by atoms with E-state index in [0.29, 0.717) is 17.1 Å². The number of hydrogen-bond acceptors (Lipinski definition) is 4. The van der Waals surface area contributed by atoms with Gasteiger partial charge >= 0.3 is 0 Å². The van der Waals surface area contributed by atoms with Gasteiger partial charge in [-0.1, -0.05) is 11.6 Å². The van der Waals surface area contributed by atoms with E-state index in [0.717, 1.165) is 41.8 Å². The molecule has 1 aliphatic rings. The first-order valence-corrected chi connectivity index (χ1v) is 6.95. The smallest absolute Gasteiger partial charge is 0.137 e. The predicted molar refractivity (Wildman–Crippen MR) is 85.8 cm³/mol. The number of aromatic nitrogens is 2. The third-order valence-electron chi connectivity index (χ3n) is 3.58. The largest absolute Gasteiger partial charge is 0.367 e. The van der Waals surface area contributed by atoms with Gasteiger partial charge in [0, 0.05) is 22.5 Å². The summed E-state index contributed by atoms with van der Waals surface area (Å²) in [5.41, 5.74) is 6.87. The van der Waals surface area contributed by atoms with Crippen LogP contribution in [-0.4, -0.2) is 22.1 Å². The average molecular weight is 313 g/mol. The maximum Gasteiger partial charge on any atom is 0.137 e. The molecule has 3 N–H and O–H groups in total. The summed E-state index contributed by atoms with van der Waals surface area (Å²) in [6, 6.07) is 6.39. The van der Waals surface area contributed by atoms with Gasteiger partial charge in [0.25, 0.3) is 0 Å². The van der Waals surface area contributed by atoms with Crippen LogP contribution in [0.4, 0.5) is 5.82 Å². The highest BCUT2D eigenvalue weighted by atomic mass is 35.5. The molecule has 1 heterocycles. The third-order valence-corrected chi connectivity index (χ3v) is 3.82. The van der Waals surface area contributed by atoms with Crippen molar-refractivity contribution in [2.45, 2.75) is 38.3 Å². The van der Waals surface area contributed by atoms with Gasteiger partial charge in [0.1, 0.15) is 11.6 Å². The van der Waals surface area contributed by atoms with E-state index < -0.39 is 0 Å². The van der Waals surface area contributed by atoms with Crippen molar-refractivity contribution < 1.29 is 0 Å². The van der Waals surface area contributed by atoms with Crippen LogP contribution in [0.25, 0.3) is 10.9 Å². The number of hydrogen-bond donors (Lipinski definition) is 2. The summed E-state index contributed by atoms with van der Waals surface area (Å²) in [6.45, 7) is 1.90. The van der Waals surface area contributed by atoms with E-state index in [1.54, 1.807) is 0 Å². The van der Waals surface area contributed by atoms with Crippen molar-refractivity contribution in [3.8, 4) is 0 Å². The fourth-order valence-corrected chi connectivity index (χ4v) is 2.84. The van der Waals surface area contributed by atoms with Gasteiger partial charge in [-0.3, -0.25) is 0 Å². The Bertz CT molecular complexity index is 617. The molecule has 108 valence electrons. The molecule has 1 saturated carbocycles. The fourth-order valence-electron chi connectivity index (χ4n) is 2.67. The quantitative estimate of drug-likeness (QED) is 0.893. The molecule has 3 rings (SSSR count). The number of rotatable bonds is 2. The molecule has 6 heteroatoms. The molecule has 1 fully saturated rings. The summed E-state index contributed by atoms with van der Waals surface area (Å²) in [5, 5.41) is 5.16. The minimum absolute atomic E-state index is 0. The molecule has 0 radical (unpaired) electrons. The Balaban J connectivity index is 0.00000147. The molecule has 0 bridgehead atoms. The second kappa shape index (κ2) is 6.12. The number of nitrogens with zero attached hydrogens (tertiary/aromatic N) is 2. The first-order chi connectivity index (χ1) is 9.11. The third kappa shape index (κ3) is 3.14. The summed E-state index contributed by atoms with van der Waals surface area (Å²) in [6.07, 6.45) is 3.15. The molecular weight excluding hydrogens is 295 g/mol. The molecule has 1 aliphatic carbocycles. The zero-order valence-corrected chi connectivity index (χ0v) is 12.8. The van der Waals surface area contributed by atoms with Crippen LogP contribution in [0, 0.1) is 6.92 Å². The molecule has 2 atom stereocenters. The van der Waals surface area contributed by atoms with Crippen LogP contribution < -0.4 is 11.1 Å². The van der Waals surface area contributed by atoms with Crippen LogP contribution in [0.5, 0.6) is 0 Å². The molecule has 0 aliphatic heterocycles. The Morgan fingerprint density at radius 3 is 2.80 bits per heavy atom. The van der Waals surface area contributed by atoms with E-state index >= 15 is 0 Å². The Kier molecular flexibility index (Phi) is 4.68. The number of fused-ring (bicyclic) bond motifs is 1. The number of nitrogens with one attached hydrogen (secondary N) is 1. The SMILES string of the molecule is Cc1nc(N[C@H]2CC[C@H](N)C2)c2cc(Cl)ccc2n1.Cl. The van der Waals surface area contributed by atoms with Gasteiger partial charge in [0.2, 0.25) is 0 Å². The van der Waals surface area contributed by atoms with Gasteiger partial charge in [-0.25, -0.2) is 9.97 Å². The second-order valence-electron chi connectivity index (χ2n) is 5.20. The normalized spacial score (nSPS) is 21.8. The summed E-state index contributed by atoms with van der Waals surface area (Å²) in [7, 11) is 0. The van der Waals surface area contributed by atoms with Crippen molar-refractivity contribution in [2.24, 2.45) is 5.73 Å².